The molecular weight excluding hydrogens is 321 g/mol. The lowest BCUT2D eigenvalue weighted by molar-refractivity contribution is 0.281. The van der Waals surface area contributed by atoms with E-state index in [1.54, 1.807) is 0 Å². The molecule has 1 aliphatic rings. The van der Waals surface area contributed by atoms with Crippen molar-refractivity contribution in [2.24, 2.45) is 5.41 Å². The van der Waals surface area contributed by atoms with Gasteiger partial charge in [-0.1, -0.05) is 37.0 Å². The standard InChI is InChI=1S/C13H17Cl2NO3S/c1-13(2)3-4-16(8-13)20(18,19)12-5-9(7-17)10(14)6-11(12)15/h5-6,17H,3-4,7-8H2,1-2H3. The summed E-state index contributed by atoms with van der Waals surface area (Å²) < 4.78 is 26.7. The van der Waals surface area contributed by atoms with Crippen molar-refractivity contribution >= 4 is 33.2 Å². The molecule has 0 radical (unpaired) electrons. The third-order valence-electron chi connectivity index (χ3n) is 3.53. The number of halogens is 2. The van der Waals surface area contributed by atoms with Crippen molar-refractivity contribution < 1.29 is 13.5 Å². The molecule has 20 heavy (non-hydrogen) atoms. The van der Waals surface area contributed by atoms with Crippen LogP contribution in [0, 0.1) is 5.41 Å². The van der Waals surface area contributed by atoms with Crippen LogP contribution in [0.1, 0.15) is 25.8 Å². The van der Waals surface area contributed by atoms with E-state index < -0.39 is 10.0 Å². The van der Waals surface area contributed by atoms with Crippen LogP contribution in [0.3, 0.4) is 0 Å². The van der Waals surface area contributed by atoms with E-state index in [0.29, 0.717) is 18.7 Å². The van der Waals surface area contributed by atoms with Gasteiger partial charge in [0.2, 0.25) is 10.0 Å². The lowest BCUT2D eigenvalue weighted by atomic mass is 9.93. The first-order valence-corrected chi connectivity index (χ1v) is 8.46. The minimum atomic E-state index is -3.66. The predicted octanol–water partition coefficient (Wildman–Crippen LogP) is 2.91. The number of aliphatic hydroxyl groups excluding tert-OH is 1. The first kappa shape index (κ1) is 16.0. The maximum atomic E-state index is 12.6. The highest BCUT2D eigenvalue weighted by Crippen LogP contribution is 2.36. The second-order valence-electron chi connectivity index (χ2n) is 5.78. The number of hydrogen-bond acceptors (Lipinski definition) is 3. The Labute approximate surface area is 129 Å². The Morgan fingerprint density at radius 3 is 2.45 bits per heavy atom. The largest absolute Gasteiger partial charge is 0.392 e. The van der Waals surface area contributed by atoms with Crippen LogP contribution >= 0.6 is 23.2 Å². The van der Waals surface area contributed by atoms with Crippen molar-refractivity contribution in [1.29, 1.82) is 0 Å². The molecule has 7 heteroatoms. The number of sulfonamides is 1. The van der Waals surface area contributed by atoms with Crippen molar-refractivity contribution in [1.82, 2.24) is 4.31 Å². The number of nitrogens with zero attached hydrogens (tertiary/aromatic N) is 1. The van der Waals surface area contributed by atoms with Gasteiger partial charge in [-0.25, -0.2) is 8.42 Å². The molecule has 0 aromatic heterocycles. The summed E-state index contributed by atoms with van der Waals surface area (Å²) in [5.41, 5.74) is 0.319. The van der Waals surface area contributed by atoms with E-state index in [0.717, 1.165) is 6.42 Å². The molecule has 1 aliphatic heterocycles. The summed E-state index contributed by atoms with van der Waals surface area (Å²) in [5.74, 6) is 0. The first-order chi connectivity index (χ1) is 9.17. The van der Waals surface area contributed by atoms with E-state index in [4.69, 9.17) is 23.2 Å². The highest BCUT2D eigenvalue weighted by atomic mass is 35.5. The van der Waals surface area contributed by atoms with E-state index >= 15 is 0 Å². The molecule has 4 nitrogen and oxygen atoms in total. The molecule has 1 aromatic carbocycles. The molecule has 112 valence electrons. The Morgan fingerprint density at radius 2 is 1.95 bits per heavy atom. The number of hydrogen-bond donors (Lipinski definition) is 1. The maximum absolute atomic E-state index is 12.6. The van der Waals surface area contributed by atoms with Crippen LogP contribution in [0.4, 0.5) is 0 Å². The number of aliphatic hydroxyl groups is 1. The smallest absolute Gasteiger partial charge is 0.244 e. The van der Waals surface area contributed by atoms with Gasteiger partial charge in [0.15, 0.2) is 0 Å². The van der Waals surface area contributed by atoms with Gasteiger partial charge in [0.05, 0.1) is 11.6 Å². The number of rotatable bonds is 3. The van der Waals surface area contributed by atoms with Crippen LogP contribution in [0.5, 0.6) is 0 Å². The zero-order valence-electron chi connectivity index (χ0n) is 11.4. The van der Waals surface area contributed by atoms with Gasteiger partial charge in [-0.3, -0.25) is 0 Å². The summed E-state index contributed by atoms with van der Waals surface area (Å²) in [6, 6.07) is 2.72. The minimum absolute atomic E-state index is 0.00492. The second-order valence-corrected chi connectivity index (χ2v) is 8.51. The molecule has 1 heterocycles. The summed E-state index contributed by atoms with van der Waals surface area (Å²) in [5, 5.41) is 9.55. The SMILES string of the molecule is CC1(C)CCN(S(=O)(=O)c2cc(CO)c(Cl)cc2Cl)C1. The Morgan fingerprint density at radius 1 is 1.30 bits per heavy atom. The van der Waals surface area contributed by atoms with E-state index in [-0.39, 0.29) is 27.0 Å². The van der Waals surface area contributed by atoms with Crippen LogP contribution in [0.2, 0.25) is 10.0 Å². The van der Waals surface area contributed by atoms with Gasteiger partial charge in [-0.2, -0.15) is 4.31 Å². The average molecular weight is 338 g/mol. The molecule has 0 atom stereocenters. The minimum Gasteiger partial charge on any atom is -0.392 e. The molecule has 1 N–H and O–H groups in total. The second kappa shape index (κ2) is 5.46. The van der Waals surface area contributed by atoms with E-state index in [1.807, 2.05) is 13.8 Å². The van der Waals surface area contributed by atoms with Crippen LogP contribution < -0.4 is 0 Å². The molecular formula is C13H17Cl2NO3S. The van der Waals surface area contributed by atoms with E-state index in [1.165, 1.54) is 16.4 Å². The van der Waals surface area contributed by atoms with Crippen molar-refractivity contribution in [3.63, 3.8) is 0 Å². The lowest BCUT2D eigenvalue weighted by Gasteiger charge is -2.20. The Kier molecular flexibility index (Phi) is 4.38. The fourth-order valence-electron chi connectivity index (χ4n) is 2.30. The Balaban J connectivity index is 2.45. The summed E-state index contributed by atoms with van der Waals surface area (Å²) >= 11 is 11.9. The van der Waals surface area contributed by atoms with Gasteiger partial charge in [0.25, 0.3) is 0 Å². The molecule has 0 spiro atoms. The predicted molar refractivity (Wildman–Crippen MR) is 79.5 cm³/mol. The van der Waals surface area contributed by atoms with Crippen LogP contribution in [-0.4, -0.2) is 30.9 Å². The summed E-state index contributed by atoms with van der Waals surface area (Å²) in [6.45, 7) is 4.67. The van der Waals surface area contributed by atoms with Crippen molar-refractivity contribution in [3.05, 3.63) is 27.7 Å². The van der Waals surface area contributed by atoms with E-state index in [2.05, 4.69) is 0 Å². The molecule has 0 bridgehead atoms. The third-order valence-corrected chi connectivity index (χ3v) is 6.19. The highest BCUT2D eigenvalue weighted by Gasteiger charge is 2.37. The molecule has 2 rings (SSSR count). The third kappa shape index (κ3) is 2.97. The van der Waals surface area contributed by atoms with Crippen LogP contribution in [-0.2, 0) is 16.6 Å². The molecule has 1 aromatic rings. The first-order valence-electron chi connectivity index (χ1n) is 6.26. The zero-order valence-corrected chi connectivity index (χ0v) is 13.7. The van der Waals surface area contributed by atoms with Gasteiger partial charge in [-0.15, -0.1) is 0 Å². The average Bonchev–Trinajstić information content (AvgIpc) is 2.70. The van der Waals surface area contributed by atoms with Crippen molar-refractivity contribution in [2.75, 3.05) is 13.1 Å². The molecule has 0 aliphatic carbocycles. The van der Waals surface area contributed by atoms with Gasteiger partial charge in [0.1, 0.15) is 4.90 Å². The van der Waals surface area contributed by atoms with Gasteiger partial charge in [-0.05, 0) is 29.5 Å². The summed E-state index contributed by atoms with van der Waals surface area (Å²) in [7, 11) is -3.66. The summed E-state index contributed by atoms with van der Waals surface area (Å²) in [4.78, 5) is 0.00492. The molecule has 0 saturated carbocycles. The lowest BCUT2D eigenvalue weighted by Crippen LogP contribution is -2.30. The fourth-order valence-corrected chi connectivity index (χ4v) is 4.76. The summed E-state index contributed by atoms with van der Waals surface area (Å²) in [6.07, 6.45) is 0.810. The quantitative estimate of drug-likeness (QED) is 0.922. The van der Waals surface area contributed by atoms with Gasteiger partial charge in [0, 0.05) is 18.1 Å². The van der Waals surface area contributed by atoms with Crippen molar-refractivity contribution in [2.45, 2.75) is 31.8 Å². The Bertz CT molecular complexity index is 629. The highest BCUT2D eigenvalue weighted by molar-refractivity contribution is 7.89. The molecule has 0 amide bonds. The van der Waals surface area contributed by atoms with Gasteiger partial charge >= 0.3 is 0 Å². The molecule has 1 saturated heterocycles. The van der Waals surface area contributed by atoms with Crippen molar-refractivity contribution in [3.8, 4) is 0 Å². The van der Waals surface area contributed by atoms with Crippen LogP contribution in [0.25, 0.3) is 0 Å². The zero-order chi connectivity index (χ0) is 15.1. The monoisotopic (exact) mass is 337 g/mol. The molecule has 0 unspecified atom stereocenters. The Hall–Kier alpha value is -0.330. The van der Waals surface area contributed by atoms with Gasteiger partial charge < -0.3 is 5.11 Å². The normalized spacial score (nSPS) is 19.4. The van der Waals surface area contributed by atoms with Crippen LogP contribution in [0.15, 0.2) is 17.0 Å². The topological polar surface area (TPSA) is 57.6 Å². The number of benzene rings is 1. The maximum Gasteiger partial charge on any atom is 0.244 e. The fraction of sp³-hybridized carbons (Fsp3) is 0.538. The molecule has 1 fully saturated rings. The van der Waals surface area contributed by atoms with E-state index in [9.17, 15) is 13.5 Å².